The number of alkyl halides is 3. The molecule has 0 saturated carbocycles. The van der Waals surface area contributed by atoms with E-state index in [1.165, 1.54) is 17.3 Å². The second kappa shape index (κ2) is 5.96. The monoisotopic (exact) mass is 307 g/mol. The first-order valence-corrected chi connectivity index (χ1v) is 7.12. The maximum Gasteiger partial charge on any atom is 0.416 e. The second-order valence-corrected chi connectivity index (χ2v) is 5.26. The molecule has 6 heteroatoms. The highest BCUT2D eigenvalue weighted by Crippen LogP contribution is 2.30. The summed E-state index contributed by atoms with van der Waals surface area (Å²) >= 11 is 0. The molecule has 3 rings (SSSR count). The van der Waals surface area contributed by atoms with Gasteiger partial charge in [0.25, 0.3) is 0 Å². The number of aromatic nitrogens is 1. The van der Waals surface area contributed by atoms with Crippen LogP contribution in [0, 0.1) is 0 Å². The summed E-state index contributed by atoms with van der Waals surface area (Å²) in [6, 6.07) is 10.2. The van der Waals surface area contributed by atoms with E-state index in [1.807, 2.05) is 18.2 Å². The maximum absolute atomic E-state index is 12.7. The van der Waals surface area contributed by atoms with E-state index < -0.39 is 11.7 Å². The van der Waals surface area contributed by atoms with E-state index in [0.29, 0.717) is 6.54 Å². The van der Waals surface area contributed by atoms with Crippen LogP contribution in [0.2, 0.25) is 0 Å². The molecule has 0 bridgehead atoms. The number of nitrogens with one attached hydrogen (secondary N) is 2. The molecule has 0 spiro atoms. The summed E-state index contributed by atoms with van der Waals surface area (Å²) in [7, 11) is 0. The number of rotatable bonds is 3. The first kappa shape index (κ1) is 14.8. The predicted molar refractivity (Wildman–Crippen MR) is 78.6 cm³/mol. The molecule has 0 amide bonds. The molecule has 0 radical (unpaired) electrons. The van der Waals surface area contributed by atoms with Gasteiger partial charge in [-0.05, 0) is 36.2 Å². The Kier molecular flexibility index (Phi) is 4.02. The minimum Gasteiger partial charge on any atom is -0.368 e. The molecule has 3 nitrogen and oxygen atoms in total. The first-order valence-electron chi connectivity index (χ1n) is 7.12. The Hall–Kier alpha value is -2.08. The summed E-state index contributed by atoms with van der Waals surface area (Å²) in [5, 5.41) is 6.37. The van der Waals surface area contributed by atoms with E-state index in [9.17, 15) is 13.2 Å². The zero-order valence-electron chi connectivity index (χ0n) is 11.8. The van der Waals surface area contributed by atoms with Gasteiger partial charge >= 0.3 is 6.18 Å². The molecule has 1 aliphatic rings. The SMILES string of the molecule is FC(F)(F)c1ccnc(NCC2NCCc3ccccc32)c1. The van der Waals surface area contributed by atoms with Crippen LogP contribution in [0.15, 0.2) is 42.6 Å². The Balaban J connectivity index is 1.71. The molecule has 0 saturated heterocycles. The van der Waals surface area contributed by atoms with Crippen molar-refractivity contribution in [1.82, 2.24) is 10.3 Å². The van der Waals surface area contributed by atoms with Crippen molar-refractivity contribution < 1.29 is 13.2 Å². The Morgan fingerprint density at radius 1 is 1.23 bits per heavy atom. The molecule has 1 unspecified atom stereocenters. The normalized spacial score (nSPS) is 17.9. The molecule has 1 aromatic heterocycles. The summed E-state index contributed by atoms with van der Waals surface area (Å²) in [5.41, 5.74) is 1.78. The van der Waals surface area contributed by atoms with Gasteiger partial charge in [-0.1, -0.05) is 24.3 Å². The third-order valence-electron chi connectivity index (χ3n) is 3.79. The molecule has 22 heavy (non-hydrogen) atoms. The van der Waals surface area contributed by atoms with Gasteiger partial charge in [-0.25, -0.2) is 4.98 Å². The molecule has 1 aliphatic heterocycles. The Morgan fingerprint density at radius 3 is 2.86 bits per heavy atom. The van der Waals surface area contributed by atoms with Gasteiger partial charge in [-0.2, -0.15) is 13.2 Å². The van der Waals surface area contributed by atoms with Crippen LogP contribution in [-0.2, 0) is 12.6 Å². The topological polar surface area (TPSA) is 37.0 Å². The molecule has 116 valence electrons. The lowest BCUT2D eigenvalue weighted by atomic mass is 9.94. The first-order chi connectivity index (χ1) is 10.5. The third kappa shape index (κ3) is 3.22. The van der Waals surface area contributed by atoms with Crippen LogP contribution >= 0.6 is 0 Å². The van der Waals surface area contributed by atoms with Crippen molar-refractivity contribution in [1.29, 1.82) is 0 Å². The van der Waals surface area contributed by atoms with Crippen molar-refractivity contribution in [2.75, 3.05) is 18.4 Å². The number of pyridine rings is 1. The second-order valence-electron chi connectivity index (χ2n) is 5.26. The Morgan fingerprint density at radius 2 is 2.05 bits per heavy atom. The smallest absolute Gasteiger partial charge is 0.368 e. The third-order valence-corrected chi connectivity index (χ3v) is 3.79. The highest BCUT2D eigenvalue weighted by atomic mass is 19.4. The number of anilines is 1. The van der Waals surface area contributed by atoms with Crippen LogP contribution < -0.4 is 10.6 Å². The highest BCUT2D eigenvalue weighted by Gasteiger charge is 2.30. The van der Waals surface area contributed by atoms with E-state index in [1.54, 1.807) is 0 Å². The fraction of sp³-hybridized carbons (Fsp3) is 0.312. The van der Waals surface area contributed by atoms with Crippen LogP contribution in [0.25, 0.3) is 0 Å². The fourth-order valence-electron chi connectivity index (χ4n) is 2.69. The molecule has 2 aromatic rings. The van der Waals surface area contributed by atoms with Crippen molar-refractivity contribution in [2.45, 2.75) is 18.6 Å². The summed E-state index contributed by atoms with van der Waals surface area (Å²) in [5.74, 6) is 0.236. The number of halogens is 3. The summed E-state index contributed by atoms with van der Waals surface area (Å²) < 4.78 is 38.1. The van der Waals surface area contributed by atoms with Gasteiger partial charge in [-0.3, -0.25) is 0 Å². The van der Waals surface area contributed by atoms with E-state index in [2.05, 4.69) is 21.7 Å². The van der Waals surface area contributed by atoms with Crippen LogP contribution in [0.1, 0.15) is 22.7 Å². The molecular weight excluding hydrogens is 291 g/mol. The van der Waals surface area contributed by atoms with Gasteiger partial charge in [-0.15, -0.1) is 0 Å². The van der Waals surface area contributed by atoms with Gasteiger partial charge in [0.1, 0.15) is 5.82 Å². The lowest BCUT2D eigenvalue weighted by Gasteiger charge is -2.27. The number of nitrogens with zero attached hydrogens (tertiary/aromatic N) is 1. The van der Waals surface area contributed by atoms with Crippen LogP contribution in [-0.4, -0.2) is 18.1 Å². The summed E-state index contributed by atoms with van der Waals surface area (Å²) in [4.78, 5) is 3.95. The minimum absolute atomic E-state index is 0.0706. The van der Waals surface area contributed by atoms with Crippen molar-refractivity contribution in [3.05, 3.63) is 59.3 Å². The van der Waals surface area contributed by atoms with Gasteiger partial charge < -0.3 is 10.6 Å². The van der Waals surface area contributed by atoms with Crippen LogP contribution in [0.3, 0.4) is 0 Å². The lowest BCUT2D eigenvalue weighted by Crippen LogP contribution is -2.34. The van der Waals surface area contributed by atoms with Crippen molar-refractivity contribution >= 4 is 5.82 Å². The summed E-state index contributed by atoms with van der Waals surface area (Å²) in [6.45, 7) is 1.35. The quantitative estimate of drug-likeness (QED) is 0.912. The minimum atomic E-state index is -4.35. The highest BCUT2D eigenvalue weighted by molar-refractivity contribution is 5.40. The largest absolute Gasteiger partial charge is 0.416 e. The maximum atomic E-state index is 12.7. The number of hydrogen-bond acceptors (Lipinski definition) is 3. The van der Waals surface area contributed by atoms with E-state index in [-0.39, 0.29) is 11.9 Å². The standard InChI is InChI=1S/C16H16F3N3/c17-16(18,19)12-6-8-21-15(9-12)22-10-14-13-4-2-1-3-11(13)5-7-20-14/h1-4,6,8-9,14,20H,5,7,10H2,(H,21,22). The Bertz CT molecular complexity index is 655. The Labute approximate surface area is 126 Å². The number of fused-ring (bicyclic) bond motifs is 1. The van der Waals surface area contributed by atoms with E-state index in [4.69, 9.17) is 0 Å². The van der Waals surface area contributed by atoms with E-state index in [0.717, 1.165) is 25.1 Å². The fourth-order valence-corrected chi connectivity index (χ4v) is 2.69. The zero-order valence-corrected chi connectivity index (χ0v) is 11.8. The molecule has 1 atom stereocenters. The molecule has 0 fully saturated rings. The van der Waals surface area contributed by atoms with Crippen LogP contribution in [0.4, 0.5) is 19.0 Å². The predicted octanol–water partition coefficient (Wildman–Crippen LogP) is 3.40. The molecule has 2 N–H and O–H groups in total. The molecule has 0 aliphatic carbocycles. The van der Waals surface area contributed by atoms with Gasteiger partial charge in [0.2, 0.25) is 0 Å². The van der Waals surface area contributed by atoms with Gasteiger partial charge in [0.05, 0.1) is 5.56 Å². The lowest BCUT2D eigenvalue weighted by molar-refractivity contribution is -0.137. The molecular formula is C16H16F3N3. The number of hydrogen-bond donors (Lipinski definition) is 2. The van der Waals surface area contributed by atoms with Crippen LogP contribution in [0.5, 0.6) is 0 Å². The van der Waals surface area contributed by atoms with Crippen molar-refractivity contribution in [2.24, 2.45) is 0 Å². The summed E-state index contributed by atoms with van der Waals surface area (Å²) in [6.07, 6.45) is -2.21. The number of benzene rings is 1. The van der Waals surface area contributed by atoms with Crippen molar-refractivity contribution in [3.8, 4) is 0 Å². The van der Waals surface area contributed by atoms with E-state index >= 15 is 0 Å². The zero-order chi connectivity index (χ0) is 15.6. The molecule has 1 aromatic carbocycles. The molecule has 2 heterocycles. The van der Waals surface area contributed by atoms with Gasteiger partial charge in [0, 0.05) is 18.8 Å². The van der Waals surface area contributed by atoms with Gasteiger partial charge in [0.15, 0.2) is 0 Å². The average molecular weight is 307 g/mol. The van der Waals surface area contributed by atoms with Crippen molar-refractivity contribution in [3.63, 3.8) is 0 Å². The average Bonchev–Trinajstić information content (AvgIpc) is 2.52.